The molecule has 0 amide bonds. The zero-order chi connectivity index (χ0) is 26.1. The first kappa shape index (κ1) is 31.4. The van der Waals surface area contributed by atoms with Gasteiger partial charge in [-0.1, -0.05) is 141 Å². The molecule has 190 valence electrons. The number of Topliss-reactive ketones (excluding diaryl/α,β-unsaturated/α-hetero) is 1. The van der Waals surface area contributed by atoms with Gasteiger partial charge in [0.1, 0.15) is 5.78 Å². The Hall–Kier alpha value is -0.590. The first-order valence-electron chi connectivity index (χ1n) is 13.2. The predicted octanol–water partition coefficient (Wildman–Crippen LogP) is 10.3. The van der Waals surface area contributed by atoms with E-state index in [1.54, 1.807) is 0 Å². The van der Waals surface area contributed by atoms with Gasteiger partial charge in [0.25, 0.3) is 0 Å². The molecule has 1 heteroatoms. The minimum Gasteiger partial charge on any atom is -0.298 e. The highest BCUT2D eigenvalue weighted by Gasteiger charge is 2.53. The quantitative estimate of drug-likeness (QED) is 0.227. The maximum Gasteiger partial charge on any atom is 0.144 e. The molecule has 0 aliphatic rings. The largest absolute Gasteiger partial charge is 0.298 e. The number of carbonyl (C=O) groups is 1. The first-order chi connectivity index (χ1) is 14.0. The number of hydrogen-bond acceptors (Lipinski definition) is 1. The topological polar surface area (TPSA) is 17.1 Å². The Kier molecular flexibility index (Phi) is 9.77. The Balaban J connectivity index is 6.41. The normalized spacial score (nSPS) is 16.7. The van der Waals surface area contributed by atoms with Crippen molar-refractivity contribution >= 4 is 5.78 Å². The van der Waals surface area contributed by atoms with Gasteiger partial charge in [0.05, 0.1) is 0 Å². The van der Waals surface area contributed by atoms with E-state index >= 15 is 0 Å². The molecule has 0 aliphatic heterocycles. The summed E-state index contributed by atoms with van der Waals surface area (Å²) in [6.07, 6.45) is 5.22. The molecule has 0 saturated carbocycles. The molecule has 1 atom stereocenters. The fourth-order valence-electron chi connectivity index (χ4n) is 5.58. The van der Waals surface area contributed by atoms with Crippen molar-refractivity contribution in [1.82, 2.24) is 0 Å². The minimum absolute atomic E-state index is 0.00225. The van der Waals surface area contributed by atoms with Gasteiger partial charge in [0.15, 0.2) is 0 Å². The summed E-state index contributed by atoms with van der Waals surface area (Å²) in [5, 5.41) is 0. The van der Waals surface area contributed by atoms with E-state index in [1.807, 2.05) is 0 Å². The maximum atomic E-state index is 13.5. The van der Waals surface area contributed by atoms with Crippen molar-refractivity contribution in [3.8, 4) is 0 Å². The second-order valence-corrected chi connectivity index (χ2v) is 14.4. The lowest BCUT2D eigenvalue weighted by atomic mass is 9.48. The third kappa shape index (κ3) is 5.55. The van der Waals surface area contributed by atoms with Gasteiger partial charge in [-0.05, 0) is 41.4 Å². The standard InChI is InChI=1S/C31H60O/c1-18-19-20-21-22(2)27(8,9)31(16,17)29(12,13)24(4)23(3)28(10,11)30(14,15)25(32)26(5,6)7/h22H,18-21H2,1-17H3. The van der Waals surface area contributed by atoms with Crippen LogP contribution in [0.5, 0.6) is 0 Å². The molecule has 0 aliphatic carbocycles. The highest BCUT2D eigenvalue weighted by molar-refractivity contribution is 5.89. The van der Waals surface area contributed by atoms with Crippen LogP contribution < -0.4 is 0 Å². The lowest BCUT2D eigenvalue weighted by Crippen LogP contribution is -2.50. The molecule has 0 fully saturated rings. The number of allylic oxidation sites excluding steroid dienone is 2. The van der Waals surface area contributed by atoms with Gasteiger partial charge in [-0.2, -0.15) is 0 Å². The number of unbranched alkanes of at least 4 members (excludes halogenated alkanes) is 2. The van der Waals surface area contributed by atoms with Gasteiger partial charge in [0.2, 0.25) is 0 Å². The smallest absolute Gasteiger partial charge is 0.144 e. The van der Waals surface area contributed by atoms with Gasteiger partial charge in [0, 0.05) is 10.8 Å². The lowest BCUT2D eigenvalue weighted by molar-refractivity contribution is -0.140. The summed E-state index contributed by atoms with van der Waals surface area (Å²) in [5.41, 5.74) is 2.06. The van der Waals surface area contributed by atoms with Crippen molar-refractivity contribution < 1.29 is 4.79 Å². The molecule has 0 radical (unpaired) electrons. The molecule has 0 rings (SSSR count). The molecule has 0 saturated heterocycles. The molecular formula is C31H60O. The fraction of sp³-hybridized carbons (Fsp3) is 0.903. The molecule has 1 nitrogen and oxygen atoms in total. The minimum atomic E-state index is -0.445. The SMILES string of the molecule is CCCCCC(C)C(C)(C)C(C)(C)C(C)(C)C(C)=C(C)C(C)(C)C(C)(C)C(=O)C(C)(C)C. The summed E-state index contributed by atoms with van der Waals surface area (Å²) in [6.45, 7) is 39.1. The number of carbonyl (C=O) groups excluding carboxylic acids is 1. The van der Waals surface area contributed by atoms with E-state index in [0.717, 1.165) is 0 Å². The lowest BCUT2D eigenvalue weighted by Gasteiger charge is -2.57. The van der Waals surface area contributed by atoms with Crippen LogP contribution in [0.1, 0.15) is 143 Å². The van der Waals surface area contributed by atoms with E-state index in [0.29, 0.717) is 11.7 Å². The van der Waals surface area contributed by atoms with E-state index < -0.39 is 5.41 Å². The highest BCUT2D eigenvalue weighted by Crippen LogP contribution is 2.60. The summed E-state index contributed by atoms with van der Waals surface area (Å²) in [4.78, 5) is 13.5. The zero-order valence-electron chi connectivity index (χ0n) is 25.3. The molecule has 0 bridgehead atoms. The zero-order valence-corrected chi connectivity index (χ0v) is 25.3. The summed E-state index contributed by atoms with van der Waals surface area (Å²) < 4.78 is 0. The second-order valence-electron chi connectivity index (χ2n) is 14.4. The third-order valence-corrected chi connectivity index (χ3v) is 10.9. The van der Waals surface area contributed by atoms with Gasteiger partial charge in [-0.15, -0.1) is 0 Å². The summed E-state index contributed by atoms with van der Waals surface area (Å²) in [7, 11) is 0. The van der Waals surface area contributed by atoms with Crippen molar-refractivity contribution in [1.29, 1.82) is 0 Å². The number of hydrogen-bond donors (Lipinski definition) is 0. The van der Waals surface area contributed by atoms with Gasteiger partial charge in [-0.25, -0.2) is 0 Å². The average molecular weight is 449 g/mol. The van der Waals surface area contributed by atoms with E-state index in [1.165, 1.54) is 36.8 Å². The van der Waals surface area contributed by atoms with Crippen molar-refractivity contribution in [2.24, 2.45) is 38.4 Å². The van der Waals surface area contributed by atoms with Crippen molar-refractivity contribution in [3.05, 3.63) is 11.1 Å². The molecule has 1 unspecified atom stereocenters. The van der Waals surface area contributed by atoms with Crippen LogP contribution in [0.25, 0.3) is 0 Å². The highest BCUT2D eigenvalue weighted by atomic mass is 16.1. The summed E-state index contributed by atoms with van der Waals surface area (Å²) >= 11 is 0. The van der Waals surface area contributed by atoms with Gasteiger partial charge in [-0.3, -0.25) is 4.79 Å². The van der Waals surface area contributed by atoms with E-state index in [4.69, 9.17) is 0 Å². The van der Waals surface area contributed by atoms with Crippen LogP contribution in [0, 0.1) is 38.4 Å². The molecule has 32 heavy (non-hydrogen) atoms. The van der Waals surface area contributed by atoms with E-state index in [-0.39, 0.29) is 27.1 Å². The average Bonchev–Trinajstić information content (AvgIpc) is 2.64. The Morgan fingerprint density at radius 2 is 1.06 bits per heavy atom. The molecule has 0 aromatic heterocycles. The Labute approximate surface area is 203 Å². The summed E-state index contributed by atoms with van der Waals surface area (Å²) in [6, 6.07) is 0. The van der Waals surface area contributed by atoms with Crippen LogP contribution in [0.2, 0.25) is 0 Å². The molecular weight excluding hydrogens is 388 g/mol. The van der Waals surface area contributed by atoms with Gasteiger partial charge < -0.3 is 0 Å². The Bertz CT molecular complexity index is 674. The molecule has 0 spiro atoms. The predicted molar refractivity (Wildman–Crippen MR) is 145 cm³/mol. The number of ketones is 1. The second kappa shape index (κ2) is 9.95. The number of rotatable bonds is 11. The van der Waals surface area contributed by atoms with E-state index in [2.05, 4.69) is 118 Å². The van der Waals surface area contributed by atoms with Crippen LogP contribution in [0.4, 0.5) is 0 Å². The van der Waals surface area contributed by atoms with Crippen molar-refractivity contribution in [2.75, 3.05) is 0 Å². The van der Waals surface area contributed by atoms with Gasteiger partial charge >= 0.3 is 0 Å². The molecule has 0 aromatic carbocycles. The maximum absolute atomic E-state index is 13.5. The van der Waals surface area contributed by atoms with Crippen LogP contribution in [0.15, 0.2) is 11.1 Å². The van der Waals surface area contributed by atoms with E-state index in [9.17, 15) is 4.79 Å². The van der Waals surface area contributed by atoms with Crippen LogP contribution in [-0.4, -0.2) is 5.78 Å². The Morgan fingerprint density at radius 3 is 1.44 bits per heavy atom. The fourth-order valence-corrected chi connectivity index (χ4v) is 5.58. The Morgan fingerprint density at radius 1 is 0.656 bits per heavy atom. The van der Waals surface area contributed by atoms with Crippen molar-refractivity contribution in [3.63, 3.8) is 0 Å². The molecule has 0 N–H and O–H groups in total. The molecule has 0 heterocycles. The van der Waals surface area contributed by atoms with Crippen LogP contribution >= 0.6 is 0 Å². The summed E-state index contributed by atoms with van der Waals surface area (Å²) in [5.74, 6) is 0.993. The first-order valence-corrected chi connectivity index (χ1v) is 13.2. The molecule has 0 aromatic rings. The van der Waals surface area contributed by atoms with Crippen molar-refractivity contribution in [2.45, 2.75) is 143 Å². The van der Waals surface area contributed by atoms with Crippen LogP contribution in [0.3, 0.4) is 0 Å². The van der Waals surface area contributed by atoms with Crippen LogP contribution in [-0.2, 0) is 4.79 Å². The monoisotopic (exact) mass is 448 g/mol. The third-order valence-electron chi connectivity index (χ3n) is 10.9.